The zero-order valence-corrected chi connectivity index (χ0v) is 23.9. The number of benzene rings is 2. The van der Waals surface area contributed by atoms with Gasteiger partial charge in [-0.15, -0.1) is 0 Å². The number of para-hydroxylation sites is 1. The average molecular weight is 544 g/mol. The molecule has 0 saturated carbocycles. The summed E-state index contributed by atoms with van der Waals surface area (Å²) in [6.07, 6.45) is 2.78. The van der Waals surface area contributed by atoms with Gasteiger partial charge in [-0.1, -0.05) is 68.4 Å². The van der Waals surface area contributed by atoms with Crippen molar-refractivity contribution >= 4 is 17.7 Å². The summed E-state index contributed by atoms with van der Waals surface area (Å²) in [5, 5.41) is 2.93. The van der Waals surface area contributed by atoms with Crippen LogP contribution in [-0.2, 0) is 11.3 Å². The van der Waals surface area contributed by atoms with Crippen LogP contribution < -0.4 is 5.32 Å². The van der Waals surface area contributed by atoms with Gasteiger partial charge in [0.1, 0.15) is 11.8 Å². The van der Waals surface area contributed by atoms with E-state index >= 15 is 0 Å². The van der Waals surface area contributed by atoms with Crippen LogP contribution in [0.1, 0.15) is 42.7 Å². The van der Waals surface area contributed by atoms with Crippen LogP contribution in [0.3, 0.4) is 0 Å². The lowest BCUT2D eigenvalue weighted by atomic mass is 10.0. The first-order valence-electron chi connectivity index (χ1n) is 14.2. The molecule has 0 spiro atoms. The van der Waals surface area contributed by atoms with Gasteiger partial charge in [-0.2, -0.15) is 0 Å². The Morgan fingerprint density at radius 1 is 0.975 bits per heavy atom. The van der Waals surface area contributed by atoms with E-state index in [9.17, 15) is 9.59 Å². The van der Waals surface area contributed by atoms with Gasteiger partial charge in [0, 0.05) is 51.5 Å². The maximum absolute atomic E-state index is 12.9. The van der Waals surface area contributed by atoms with Gasteiger partial charge in [-0.05, 0) is 49.2 Å². The van der Waals surface area contributed by atoms with E-state index in [1.807, 2.05) is 73.8 Å². The molecule has 8 heteroatoms. The fraction of sp³-hybridized carbons (Fsp3) is 0.406. The molecule has 40 heavy (non-hydrogen) atoms. The summed E-state index contributed by atoms with van der Waals surface area (Å²) in [4.78, 5) is 36.3. The lowest BCUT2D eigenvalue weighted by molar-refractivity contribution is 0.0539. The molecule has 1 fully saturated rings. The lowest BCUT2D eigenvalue weighted by Gasteiger charge is -2.32. The van der Waals surface area contributed by atoms with Gasteiger partial charge in [0.25, 0.3) is 5.91 Å². The summed E-state index contributed by atoms with van der Waals surface area (Å²) in [7, 11) is 1.82. The molecule has 2 aromatic carbocycles. The number of piperidine rings is 1. The number of nitrogens with one attached hydrogen (secondary N) is 1. The summed E-state index contributed by atoms with van der Waals surface area (Å²) in [5.74, 6) is -0.0694. The largest absolute Gasteiger partial charge is 0.446 e. The maximum Gasteiger partial charge on any atom is 0.411 e. The molecule has 1 saturated heterocycles. The predicted molar refractivity (Wildman–Crippen MR) is 159 cm³/mol. The first-order valence-corrected chi connectivity index (χ1v) is 14.2. The SMILES string of the molecule is CCN(CC)Cc1ccc(C(=O)N(C)CCN2CCC(OC(=O)Nc3ccccc3-c3ccccc3)CC2)nc1. The van der Waals surface area contributed by atoms with Gasteiger partial charge >= 0.3 is 6.09 Å². The Bertz CT molecular complexity index is 1220. The first-order chi connectivity index (χ1) is 19.5. The van der Waals surface area contributed by atoms with Crippen molar-refractivity contribution in [1.82, 2.24) is 19.7 Å². The molecular weight excluding hydrogens is 502 g/mol. The van der Waals surface area contributed by atoms with E-state index < -0.39 is 6.09 Å². The number of carbonyl (C=O) groups is 2. The molecule has 4 rings (SSSR count). The summed E-state index contributed by atoms with van der Waals surface area (Å²) in [6, 6.07) is 21.5. The highest BCUT2D eigenvalue weighted by Gasteiger charge is 2.23. The average Bonchev–Trinajstić information content (AvgIpc) is 3.00. The van der Waals surface area contributed by atoms with Crippen molar-refractivity contribution in [3.8, 4) is 11.1 Å². The highest BCUT2D eigenvalue weighted by atomic mass is 16.6. The van der Waals surface area contributed by atoms with Crippen LogP contribution in [0.5, 0.6) is 0 Å². The molecule has 0 atom stereocenters. The van der Waals surface area contributed by atoms with Crippen LogP contribution in [0.4, 0.5) is 10.5 Å². The second-order valence-electron chi connectivity index (χ2n) is 10.2. The Kier molecular flexibility index (Phi) is 10.7. The van der Waals surface area contributed by atoms with E-state index in [2.05, 4.69) is 33.9 Å². The van der Waals surface area contributed by atoms with Gasteiger partial charge in [0.05, 0.1) is 5.69 Å². The number of nitrogens with zero attached hydrogens (tertiary/aromatic N) is 4. The third-order valence-corrected chi connectivity index (χ3v) is 7.50. The second kappa shape index (κ2) is 14.6. The highest BCUT2D eigenvalue weighted by molar-refractivity contribution is 5.92. The molecule has 1 aromatic heterocycles. The molecule has 3 aromatic rings. The zero-order chi connectivity index (χ0) is 28.3. The number of anilines is 1. The third kappa shape index (κ3) is 8.13. The predicted octanol–water partition coefficient (Wildman–Crippen LogP) is 5.38. The van der Waals surface area contributed by atoms with Gasteiger partial charge in [-0.25, -0.2) is 4.79 Å². The molecule has 0 bridgehead atoms. The van der Waals surface area contributed by atoms with E-state index in [-0.39, 0.29) is 12.0 Å². The minimum atomic E-state index is -0.428. The maximum atomic E-state index is 12.9. The number of amides is 2. The number of hydrogen-bond donors (Lipinski definition) is 1. The standard InChI is InChI=1S/C32H41N5O3/c1-4-36(5-2)24-25-15-16-30(33-23-25)31(38)35(3)21-22-37-19-17-27(18-20-37)40-32(39)34-29-14-10-9-13-28(29)26-11-7-6-8-12-26/h6-16,23,27H,4-5,17-22,24H2,1-3H3,(H,34,39). The Morgan fingerprint density at radius 2 is 1.68 bits per heavy atom. The van der Waals surface area contributed by atoms with Gasteiger partial charge in [-0.3, -0.25) is 20.0 Å². The van der Waals surface area contributed by atoms with Gasteiger partial charge in [0.2, 0.25) is 0 Å². The van der Waals surface area contributed by atoms with Crippen molar-refractivity contribution in [3.05, 3.63) is 84.2 Å². The molecule has 1 aliphatic rings. The minimum Gasteiger partial charge on any atom is -0.446 e. The van der Waals surface area contributed by atoms with Crippen LogP contribution in [-0.4, -0.2) is 84.1 Å². The van der Waals surface area contributed by atoms with Gasteiger partial charge in [0.15, 0.2) is 0 Å². The first kappa shape index (κ1) is 29.2. The lowest BCUT2D eigenvalue weighted by Crippen LogP contribution is -2.42. The van der Waals surface area contributed by atoms with Crippen molar-refractivity contribution < 1.29 is 14.3 Å². The van der Waals surface area contributed by atoms with Crippen molar-refractivity contribution in [2.24, 2.45) is 0 Å². The Balaban J connectivity index is 1.19. The molecule has 212 valence electrons. The molecule has 2 heterocycles. The van der Waals surface area contributed by atoms with Crippen molar-refractivity contribution in [3.63, 3.8) is 0 Å². The van der Waals surface area contributed by atoms with Crippen LogP contribution in [0, 0.1) is 0 Å². The summed E-state index contributed by atoms with van der Waals surface area (Å²) >= 11 is 0. The molecule has 0 unspecified atom stereocenters. The number of aromatic nitrogens is 1. The summed E-state index contributed by atoms with van der Waals surface area (Å²) in [6.45, 7) is 10.1. The quantitative estimate of drug-likeness (QED) is 0.350. The smallest absolute Gasteiger partial charge is 0.411 e. The number of rotatable bonds is 11. The van der Waals surface area contributed by atoms with E-state index in [0.717, 1.165) is 74.5 Å². The Hall–Kier alpha value is -3.75. The number of hydrogen-bond acceptors (Lipinski definition) is 6. The molecule has 8 nitrogen and oxygen atoms in total. The van der Waals surface area contributed by atoms with Gasteiger partial charge < -0.3 is 14.5 Å². The Morgan fingerprint density at radius 3 is 2.35 bits per heavy atom. The third-order valence-electron chi connectivity index (χ3n) is 7.50. The van der Waals surface area contributed by atoms with E-state index in [0.29, 0.717) is 12.2 Å². The van der Waals surface area contributed by atoms with E-state index in [4.69, 9.17) is 4.74 Å². The molecule has 1 aliphatic heterocycles. The fourth-order valence-corrected chi connectivity index (χ4v) is 4.94. The minimum absolute atomic E-state index is 0.0694. The number of likely N-dealkylation sites (tertiary alicyclic amines) is 1. The van der Waals surface area contributed by atoms with E-state index in [1.165, 1.54) is 0 Å². The number of likely N-dealkylation sites (N-methyl/N-ethyl adjacent to an activating group) is 1. The van der Waals surface area contributed by atoms with Crippen molar-refractivity contribution in [1.29, 1.82) is 0 Å². The summed E-state index contributed by atoms with van der Waals surface area (Å²) in [5.41, 5.74) is 4.31. The van der Waals surface area contributed by atoms with E-state index in [1.54, 1.807) is 11.1 Å². The van der Waals surface area contributed by atoms with Crippen molar-refractivity contribution in [2.45, 2.75) is 39.3 Å². The molecule has 1 N–H and O–H groups in total. The van der Waals surface area contributed by atoms with Crippen LogP contribution in [0.25, 0.3) is 11.1 Å². The molecule has 0 aliphatic carbocycles. The summed E-state index contributed by atoms with van der Waals surface area (Å²) < 4.78 is 5.75. The number of pyridine rings is 1. The Labute approximate surface area is 237 Å². The topological polar surface area (TPSA) is 78.0 Å². The second-order valence-corrected chi connectivity index (χ2v) is 10.2. The molecular formula is C32H41N5O3. The van der Waals surface area contributed by atoms with Crippen LogP contribution in [0.15, 0.2) is 72.9 Å². The number of ether oxygens (including phenoxy) is 1. The van der Waals surface area contributed by atoms with Crippen molar-refractivity contribution in [2.75, 3.05) is 51.6 Å². The number of carbonyl (C=O) groups excluding carboxylic acids is 2. The normalized spacial score (nSPS) is 14.2. The van der Waals surface area contributed by atoms with Crippen LogP contribution >= 0.6 is 0 Å². The molecule has 0 radical (unpaired) electrons. The zero-order valence-electron chi connectivity index (χ0n) is 23.9. The highest BCUT2D eigenvalue weighted by Crippen LogP contribution is 2.28. The monoisotopic (exact) mass is 543 g/mol. The van der Waals surface area contributed by atoms with Crippen LogP contribution in [0.2, 0.25) is 0 Å². The molecule has 2 amide bonds. The fourth-order valence-electron chi connectivity index (χ4n) is 4.94.